The number of rotatable bonds is 2. The molecule has 0 amide bonds. The third-order valence-electron chi connectivity index (χ3n) is 2.52. The Kier molecular flexibility index (Phi) is 3.65. The summed E-state index contributed by atoms with van der Waals surface area (Å²) in [5, 5.41) is 0. The Balaban J connectivity index is 2.12. The highest BCUT2D eigenvalue weighted by Gasteiger charge is 2.35. The molecule has 0 bridgehead atoms. The molecule has 2 rings (SSSR count). The largest absolute Gasteiger partial charge is 0.460 e. The van der Waals surface area contributed by atoms with Gasteiger partial charge in [0.25, 0.3) is 0 Å². The fourth-order valence-corrected chi connectivity index (χ4v) is 2.07. The predicted molar refractivity (Wildman–Crippen MR) is 63.5 cm³/mol. The van der Waals surface area contributed by atoms with Gasteiger partial charge in [0.1, 0.15) is 11.9 Å². The summed E-state index contributed by atoms with van der Waals surface area (Å²) in [6, 6.07) is 3.67. The van der Waals surface area contributed by atoms with Gasteiger partial charge >= 0.3 is 11.9 Å². The van der Waals surface area contributed by atoms with Crippen molar-refractivity contribution in [3.05, 3.63) is 34.1 Å². The molecule has 2 atom stereocenters. The zero-order chi connectivity index (χ0) is 13.3. The number of cyclic esters (lactones) is 1. The lowest BCUT2D eigenvalue weighted by Gasteiger charge is -2.09. The van der Waals surface area contributed by atoms with Crippen molar-refractivity contribution in [2.75, 3.05) is 0 Å². The van der Waals surface area contributed by atoms with Gasteiger partial charge in [0.2, 0.25) is 6.10 Å². The summed E-state index contributed by atoms with van der Waals surface area (Å²) in [4.78, 5) is 23.1. The molecule has 0 spiro atoms. The minimum atomic E-state index is -0.914. The summed E-state index contributed by atoms with van der Waals surface area (Å²) in [5.74, 6) is -1.87. The van der Waals surface area contributed by atoms with E-state index in [1.54, 1.807) is 6.92 Å². The van der Waals surface area contributed by atoms with Gasteiger partial charge in [-0.2, -0.15) is 0 Å². The minimum Gasteiger partial charge on any atom is -0.460 e. The summed E-state index contributed by atoms with van der Waals surface area (Å²) < 4.78 is 23.3. The van der Waals surface area contributed by atoms with Crippen molar-refractivity contribution in [3.63, 3.8) is 0 Å². The Labute approximate surface area is 111 Å². The van der Waals surface area contributed by atoms with Crippen molar-refractivity contribution in [3.8, 4) is 0 Å². The quantitative estimate of drug-likeness (QED) is 0.786. The van der Waals surface area contributed by atoms with Crippen LogP contribution < -0.4 is 0 Å². The molecule has 1 heterocycles. The van der Waals surface area contributed by atoms with Crippen LogP contribution in [0.3, 0.4) is 0 Å². The second kappa shape index (κ2) is 5.06. The summed E-state index contributed by atoms with van der Waals surface area (Å²) in [5.41, 5.74) is 0.0438. The lowest BCUT2D eigenvalue weighted by Crippen LogP contribution is -2.23. The predicted octanol–water partition coefficient (Wildman–Crippen LogP) is 2.45. The number of esters is 2. The molecule has 0 aliphatic carbocycles. The smallest absolute Gasteiger partial charge is 0.347 e. The van der Waals surface area contributed by atoms with E-state index in [2.05, 4.69) is 15.9 Å². The average molecular weight is 317 g/mol. The van der Waals surface area contributed by atoms with Crippen LogP contribution >= 0.6 is 15.9 Å². The highest BCUT2D eigenvalue weighted by Crippen LogP contribution is 2.22. The second-order valence-corrected chi connectivity index (χ2v) is 4.86. The number of hydrogen-bond donors (Lipinski definition) is 0. The Hall–Kier alpha value is -1.43. The molecule has 0 aromatic heterocycles. The molecule has 1 aromatic carbocycles. The zero-order valence-corrected chi connectivity index (χ0v) is 11.1. The summed E-state index contributed by atoms with van der Waals surface area (Å²) >= 11 is 3.12. The molecule has 18 heavy (non-hydrogen) atoms. The summed E-state index contributed by atoms with van der Waals surface area (Å²) in [7, 11) is 0. The van der Waals surface area contributed by atoms with Crippen LogP contribution in [-0.2, 0) is 14.3 Å². The molecule has 2 unspecified atom stereocenters. The van der Waals surface area contributed by atoms with Crippen LogP contribution in [0.15, 0.2) is 22.7 Å². The van der Waals surface area contributed by atoms with Crippen LogP contribution in [0.4, 0.5) is 4.39 Å². The first kappa shape index (κ1) is 13.0. The van der Waals surface area contributed by atoms with Gasteiger partial charge in [0.05, 0.1) is 5.56 Å². The molecule has 4 nitrogen and oxygen atoms in total. The van der Waals surface area contributed by atoms with E-state index in [4.69, 9.17) is 9.47 Å². The van der Waals surface area contributed by atoms with Gasteiger partial charge in [0, 0.05) is 10.9 Å². The van der Waals surface area contributed by atoms with Crippen molar-refractivity contribution in [1.29, 1.82) is 0 Å². The molecule has 1 fully saturated rings. The fourth-order valence-electron chi connectivity index (χ4n) is 1.66. The molecular weight excluding hydrogens is 307 g/mol. The maximum atomic E-state index is 13.0. The van der Waals surface area contributed by atoms with E-state index >= 15 is 0 Å². The van der Waals surface area contributed by atoms with Gasteiger partial charge in [-0.05, 0) is 41.1 Å². The van der Waals surface area contributed by atoms with E-state index < -0.39 is 23.9 Å². The number of carbonyl (C=O) groups excluding carboxylic acids is 2. The summed E-state index contributed by atoms with van der Waals surface area (Å²) in [6.45, 7) is 1.71. The van der Waals surface area contributed by atoms with Crippen molar-refractivity contribution in [2.24, 2.45) is 0 Å². The Bertz CT molecular complexity index is 503. The lowest BCUT2D eigenvalue weighted by molar-refractivity contribution is -0.147. The molecular formula is C12H10BrFO4. The number of benzene rings is 1. The van der Waals surface area contributed by atoms with Gasteiger partial charge in [-0.3, -0.25) is 0 Å². The second-order valence-electron chi connectivity index (χ2n) is 4.00. The number of hydrogen-bond acceptors (Lipinski definition) is 4. The van der Waals surface area contributed by atoms with Crippen LogP contribution in [0.2, 0.25) is 0 Å². The average Bonchev–Trinajstić information content (AvgIpc) is 2.61. The molecule has 0 N–H and O–H groups in total. The standard InChI is InChI=1S/C12H10BrFO4/c1-6-4-10(12(16)17-6)18-11(15)8-5-7(14)2-3-9(8)13/h2-3,5-6,10H,4H2,1H3. The normalized spacial score (nSPS) is 22.7. The van der Waals surface area contributed by atoms with E-state index in [0.717, 1.165) is 6.07 Å². The minimum absolute atomic E-state index is 0.0438. The highest BCUT2D eigenvalue weighted by atomic mass is 79.9. The van der Waals surface area contributed by atoms with Gasteiger partial charge in [-0.1, -0.05) is 0 Å². The van der Waals surface area contributed by atoms with E-state index in [-0.39, 0.29) is 11.7 Å². The first-order valence-corrected chi connectivity index (χ1v) is 6.13. The van der Waals surface area contributed by atoms with Gasteiger partial charge in [0.15, 0.2) is 0 Å². The van der Waals surface area contributed by atoms with E-state index in [0.29, 0.717) is 10.9 Å². The van der Waals surface area contributed by atoms with Crippen LogP contribution in [-0.4, -0.2) is 24.1 Å². The molecule has 1 saturated heterocycles. The molecule has 1 aliphatic heterocycles. The third kappa shape index (κ3) is 2.69. The van der Waals surface area contributed by atoms with Crippen molar-refractivity contribution in [1.82, 2.24) is 0 Å². The van der Waals surface area contributed by atoms with Gasteiger partial charge in [-0.15, -0.1) is 0 Å². The lowest BCUT2D eigenvalue weighted by atomic mass is 10.2. The van der Waals surface area contributed by atoms with Gasteiger partial charge < -0.3 is 9.47 Å². The summed E-state index contributed by atoms with van der Waals surface area (Å²) in [6.07, 6.45) is -0.869. The Morgan fingerprint density at radius 3 is 2.89 bits per heavy atom. The van der Waals surface area contributed by atoms with Crippen molar-refractivity contribution >= 4 is 27.9 Å². The fraction of sp³-hybridized carbons (Fsp3) is 0.333. The molecule has 6 heteroatoms. The third-order valence-corrected chi connectivity index (χ3v) is 3.22. The number of carbonyl (C=O) groups is 2. The highest BCUT2D eigenvalue weighted by molar-refractivity contribution is 9.10. The zero-order valence-electron chi connectivity index (χ0n) is 9.48. The Morgan fingerprint density at radius 1 is 1.56 bits per heavy atom. The van der Waals surface area contributed by atoms with E-state index in [9.17, 15) is 14.0 Å². The topological polar surface area (TPSA) is 52.6 Å². The van der Waals surface area contributed by atoms with Crippen molar-refractivity contribution in [2.45, 2.75) is 25.6 Å². The molecule has 96 valence electrons. The monoisotopic (exact) mass is 316 g/mol. The van der Waals surface area contributed by atoms with E-state index in [1.807, 2.05) is 0 Å². The first-order valence-electron chi connectivity index (χ1n) is 5.34. The Morgan fingerprint density at radius 2 is 2.28 bits per heavy atom. The first-order chi connectivity index (χ1) is 8.47. The maximum absolute atomic E-state index is 13.0. The van der Waals surface area contributed by atoms with Crippen LogP contribution in [0.5, 0.6) is 0 Å². The van der Waals surface area contributed by atoms with Gasteiger partial charge in [-0.25, -0.2) is 14.0 Å². The maximum Gasteiger partial charge on any atom is 0.347 e. The molecule has 0 radical (unpaired) electrons. The molecule has 1 aliphatic rings. The molecule has 0 saturated carbocycles. The molecule has 1 aromatic rings. The van der Waals surface area contributed by atoms with Crippen molar-refractivity contribution < 1.29 is 23.5 Å². The number of ether oxygens (including phenoxy) is 2. The SMILES string of the molecule is CC1CC(OC(=O)c2cc(F)ccc2Br)C(=O)O1. The van der Waals surface area contributed by atoms with Crippen LogP contribution in [0, 0.1) is 5.82 Å². The van der Waals surface area contributed by atoms with Crippen LogP contribution in [0.1, 0.15) is 23.7 Å². The van der Waals surface area contributed by atoms with E-state index in [1.165, 1.54) is 12.1 Å². The van der Waals surface area contributed by atoms with Crippen LogP contribution in [0.25, 0.3) is 0 Å². The number of halogens is 2.